The smallest absolute Gasteiger partial charge is 0.416 e. The first-order valence-electron chi connectivity index (χ1n) is 10.2. The molecule has 33 heavy (non-hydrogen) atoms. The fourth-order valence-corrected chi connectivity index (χ4v) is 3.65. The third-order valence-electron chi connectivity index (χ3n) is 5.20. The molecule has 2 amide bonds. The van der Waals surface area contributed by atoms with Crippen LogP contribution in [-0.4, -0.2) is 39.7 Å². The van der Waals surface area contributed by atoms with Gasteiger partial charge in [-0.25, -0.2) is 9.67 Å². The Morgan fingerprint density at radius 3 is 2.70 bits per heavy atom. The Labute approximate surface area is 187 Å². The van der Waals surface area contributed by atoms with Crippen LogP contribution in [0.2, 0.25) is 0 Å². The maximum absolute atomic E-state index is 13.3. The highest BCUT2D eigenvalue weighted by molar-refractivity contribution is 6.04. The molecule has 1 saturated heterocycles. The highest BCUT2D eigenvalue weighted by Gasteiger charge is 2.37. The van der Waals surface area contributed by atoms with Crippen LogP contribution >= 0.6 is 0 Å². The number of benzene rings is 2. The lowest BCUT2D eigenvalue weighted by molar-refractivity contribution is -0.137. The number of alkyl halides is 3. The van der Waals surface area contributed by atoms with Gasteiger partial charge in [0.05, 0.1) is 35.2 Å². The maximum atomic E-state index is 13.3. The van der Waals surface area contributed by atoms with Crippen LogP contribution in [0.3, 0.4) is 0 Å². The molecular weight excluding hydrogens is 439 g/mol. The van der Waals surface area contributed by atoms with Gasteiger partial charge in [-0.2, -0.15) is 18.3 Å². The van der Waals surface area contributed by atoms with Gasteiger partial charge in [0.1, 0.15) is 18.4 Å². The van der Waals surface area contributed by atoms with Gasteiger partial charge in [-0.3, -0.25) is 9.59 Å². The molecule has 0 spiro atoms. The summed E-state index contributed by atoms with van der Waals surface area (Å²) < 4.78 is 46.6. The van der Waals surface area contributed by atoms with E-state index in [1.807, 2.05) is 6.92 Å². The van der Waals surface area contributed by atoms with E-state index in [9.17, 15) is 22.8 Å². The molecule has 1 aromatic heterocycles. The van der Waals surface area contributed by atoms with E-state index < -0.39 is 23.6 Å². The molecule has 0 aliphatic carbocycles. The monoisotopic (exact) mass is 459 g/mol. The van der Waals surface area contributed by atoms with Crippen molar-refractivity contribution in [3.8, 4) is 11.4 Å². The number of halogens is 3. The average molecular weight is 459 g/mol. The van der Waals surface area contributed by atoms with Gasteiger partial charge < -0.3 is 15.0 Å². The number of carbonyl (C=O) groups is 2. The number of anilines is 2. The minimum atomic E-state index is -4.59. The lowest BCUT2D eigenvalue weighted by Crippen LogP contribution is -2.28. The number of ether oxygens (including phenoxy) is 1. The first-order chi connectivity index (χ1) is 15.8. The number of amides is 2. The Kier molecular flexibility index (Phi) is 6.03. The standard InChI is InChI=1S/C22H20F3N5O3/c1-2-33-19-6-4-3-5-18(19)29-11-14(9-20(29)31)21(32)28-16-10-15(22(23,24)25)7-8-17(16)30-13-26-12-27-30/h3-8,10,12-14H,2,9,11H2,1H3,(H,28,32)/t14-/m0/s1. The zero-order chi connectivity index (χ0) is 23.6. The topological polar surface area (TPSA) is 89.3 Å². The summed E-state index contributed by atoms with van der Waals surface area (Å²) >= 11 is 0. The summed E-state index contributed by atoms with van der Waals surface area (Å²) in [7, 11) is 0. The molecule has 2 heterocycles. The summed E-state index contributed by atoms with van der Waals surface area (Å²) in [5.74, 6) is -1.09. The average Bonchev–Trinajstić information content (AvgIpc) is 3.44. The minimum absolute atomic E-state index is 0.0758. The highest BCUT2D eigenvalue weighted by atomic mass is 19.4. The van der Waals surface area contributed by atoms with Crippen molar-refractivity contribution in [1.29, 1.82) is 0 Å². The van der Waals surface area contributed by atoms with Gasteiger partial charge in [0.2, 0.25) is 11.8 Å². The van der Waals surface area contributed by atoms with Crippen molar-refractivity contribution in [2.45, 2.75) is 19.5 Å². The second-order valence-electron chi connectivity index (χ2n) is 7.37. The van der Waals surface area contributed by atoms with Crippen molar-refractivity contribution in [2.75, 3.05) is 23.4 Å². The molecule has 2 aromatic carbocycles. The molecule has 0 saturated carbocycles. The Morgan fingerprint density at radius 1 is 1.21 bits per heavy atom. The van der Waals surface area contributed by atoms with Gasteiger partial charge in [0, 0.05) is 13.0 Å². The predicted molar refractivity (Wildman–Crippen MR) is 113 cm³/mol. The largest absolute Gasteiger partial charge is 0.492 e. The molecule has 1 atom stereocenters. The SMILES string of the molecule is CCOc1ccccc1N1C[C@@H](C(=O)Nc2cc(C(F)(F)F)ccc2-n2cncn2)CC1=O. The fourth-order valence-electron chi connectivity index (χ4n) is 3.65. The summed E-state index contributed by atoms with van der Waals surface area (Å²) in [5.41, 5.74) is -0.240. The number of para-hydroxylation sites is 2. The van der Waals surface area contributed by atoms with Crippen LogP contribution in [-0.2, 0) is 15.8 Å². The summed E-state index contributed by atoms with van der Waals surface area (Å²) in [5, 5.41) is 6.48. The molecular formula is C22H20F3N5O3. The first-order valence-corrected chi connectivity index (χ1v) is 10.2. The number of nitrogens with zero attached hydrogens (tertiary/aromatic N) is 4. The van der Waals surface area contributed by atoms with Crippen molar-refractivity contribution in [3.05, 3.63) is 60.7 Å². The molecule has 1 N–H and O–H groups in total. The van der Waals surface area contributed by atoms with Crippen molar-refractivity contribution in [2.24, 2.45) is 5.92 Å². The van der Waals surface area contributed by atoms with Crippen molar-refractivity contribution in [3.63, 3.8) is 0 Å². The van der Waals surface area contributed by atoms with E-state index in [1.54, 1.807) is 24.3 Å². The summed E-state index contributed by atoms with van der Waals surface area (Å²) in [4.78, 5) is 30.9. The van der Waals surface area contributed by atoms with Crippen molar-refractivity contribution in [1.82, 2.24) is 14.8 Å². The van der Waals surface area contributed by atoms with Gasteiger partial charge in [-0.05, 0) is 37.3 Å². The number of nitrogens with one attached hydrogen (secondary N) is 1. The fraction of sp³-hybridized carbons (Fsp3) is 0.273. The third-order valence-corrected chi connectivity index (χ3v) is 5.20. The minimum Gasteiger partial charge on any atom is -0.492 e. The van der Waals surface area contributed by atoms with Crippen LogP contribution < -0.4 is 15.0 Å². The third kappa shape index (κ3) is 4.66. The summed E-state index contributed by atoms with van der Waals surface area (Å²) in [6.45, 7) is 2.30. The zero-order valence-electron chi connectivity index (χ0n) is 17.5. The van der Waals surface area contributed by atoms with Crippen LogP contribution in [0, 0.1) is 5.92 Å². The van der Waals surface area contributed by atoms with Crippen LogP contribution in [0.4, 0.5) is 24.5 Å². The van der Waals surface area contributed by atoms with Crippen LogP contribution in [0.1, 0.15) is 18.9 Å². The van der Waals surface area contributed by atoms with Gasteiger partial charge in [0.25, 0.3) is 0 Å². The predicted octanol–water partition coefficient (Wildman–Crippen LogP) is 3.68. The van der Waals surface area contributed by atoms with E-state index in [1.165, 1.54) is 28.3 Å². The summed E-state index contributed by atoms with van der Waals surface area (Å²) in [6, 6.07) is 9.93. The second kappa shape index (κ2) is 8.93. The molecule has 0 radical (unpaired) electrons. The Hall–Kier alpha value is -3.89. The van der Waals surface area contributed by atoms with Gasteiger partial charge >= 0.3 is 6.18 Å². The lowest BCUT2D eigenvalue weighted by atomic mass is 10.1. The Bertz CT molecular complexity index is 1160. The molecule has 1 fully saturated rings. The number of hydrogen-bond acceptors (Lipinski definition) is 5. The number of rotatable bonds is 6. The zero-order valence-corrected chi connectivity index (χ0v) is 17.5. The summed E-state index contributed by atoms with van der Waals surface area (Å²) in [6.07, 6.45) is -2.14. The van der Waals surface area contributed by atoms with E-state index in [-0.39, 0.29) is 30.2 Å². The number of aromatic nitrogens is 3. The Morgan fingerprint density at radius 2 is 2.00 bits per heavy atom. The lowest BCUT2D eigenvalue weighted by Gasteiger charge is -2.20. The van der Waals surface area contributed by atoms with Gasteiger partial charge in [-0.15, -0.1) is 0 Å². The van der Waals surface area contributed by atoms with E-state index >= 15 is 0 Å². The molecule has 3 aromatic rings. The number of hydrogen-bond donors (Lipinski definition) is 1. The van der Waals surface area contributed by atoms with Gasteiger partial charge in [-0.1, -0.05) is 12.1 Å². The molecule has 8 nitrogen and oxygen atoms in total. The molecule has 0 bridgehead atoms. The van der Waals surface area contributed by atoms with Crippen LogP contribution in [0.25, 0.3) is 5.69 Å². The molecule has 172 valence electrons. The Balaban J connectivity index is 1.58. The van der Waals surface area contributed by atoms with E-state index in [2.05, 4.69) is 15.4 Å². The van der Waals surface area contributed by atoms with E-state index in [0.29, 0.717) is 18.0 Å². The maximum Gasteiger partial charge on any atom is 0.416 e. The normalized spacial score (nSPS) is 16.2. The van der Waals surface area contributed by atoms with E-state index in [4.69, 9.17) is 4.74 Å². The van der Waals surface area contributed by atoms with Gasteiger partial charge in [0.15, 0.2) is 0 Å². The quantitative estimate of drug-likeness (QED) is 0.608. The highest BCUT2D eigenvalue weighted by Crippen LogP contribution is 2.35. The number of carbonyl (C=O) groups excluding carboxylic acids is 2. The molecule has 0 unspecified atom stereocenters. The molecule has 4 rings (SSSR count). The first kappa shape index (κ1) is 22.3. The van der Waals surface area contributed by atoms with Crippen molar-refractivity contribution < 1.29 is 27.5 Å². The molecule has 1 aliphatic rings. The van der Waals surface area contributed by atoms with E-state index in [0.717, 1.165) is 12.1 Å². The van der Waals surface area contributed by atoms with Crippen LogP contribution in [0.15, 0.2) is 55.1 Å². The molecule has 11 heteroatoms. The van der Waals surface area contributed by atoms with Crippen LogP contribution in [0.5, 0.6) is 5.75 Å². The second-order valence-corrected chi connectivity index (χ2v) is 7.37. The molecule has 1 aliphatic heterocycles. The van der Waals surface area contributed by atoms with Crippen molar-refractivity contribution >= 4 is 23.2 Å².